The zero-order valence-electron chi connectivity index (χ0n) is 14.2. The second kappa shape index (κ2) is 7.04. The van der Waals surface area contributed by atoms with Gasteiger partial charge in [0, 0.05) is 41.5 Å². The Balaban J connectivity index is 1.70. The van der Waals surface area contributed by atoms with Crippen LogP contribution in [-0.4, -0.2) is 47.0 Å². The molecule has 0 atom stereocenters. The summed E-state index contributed by atoms with van der Waals surface area (Å²) in [6, 6.07) is 7.91. The average molecular weight is 436 g/mol. The van der Waals surface area contributed by atoms with Crippen LogP contribution in [0.25, 0.3) is 0 Å². The van der Waals surface area contributed by atoms with Gasteiger partial charge in [0.25, 0.3) is 5.91 Å². The Bertz CT molecular complexity index is 749. The number of carbonyl (C=O) groups excluding carboxylic acids is 1. The third kappa shape index (κ3) is 3.53. The molecule has 126 valence electrons. The minimum atomic E-state index is 0.123. The number of halogens is 1. The van der Waals surface area contributed by atoms with E-state index in [1.807, 2.05) is 49.9 Å². The minimum Gasteiger partial charge on any atom is -0.353 e. The fraction of sp³-hybridized carbons (Fsp3) is 0.389. The maximum Gasteiger partial charge on any atom is 0.255 e. The first kappa shape index (κ1) is 17.1. The summed E-state index contributed by atoms with van der Waals surface area (Å²) in [4.78, 5) is 25.8. The fourth-order valence-electron chi connectivity index (χ4n) is 2.98. The summed E-state index contributed by atoms with van der Waals surface area (Å²) in [6.07, 6.45) is 0. The molecule has 0 N–H and O–H groups in total. The second-order valence-electron chi connectivity index (χ2n) is 6.13. The van der Waals surface area contributed by atoms with Crippen LogP contribution in [0.2, 0.25) is 0 Å². The average Bonchev–Trinajstić information content (AvgIpc) is 2.56. The molecule has 1 aromatic carbocycles. The summed E-state index contributed by atoms with van der Waals surface area (Å²) >= 11 is 2.26. The van der Waals surface area contributed by atoms with Gasteiger partial charge in [0.15, 0.2) is 0 Å². The predicted octanol–water partition coefficient (Wildman–Crippen LogP) is 2.97. The number of aryl methyl sites for hydroxylation is 3. The lowest BCUT2D eigenvalue weighted by Crippen LogP contribution is -2.49. The third-order valence-corrected chi connectivity index (χ3v) is 5.70. The van der Waals surface area contributed by atoms with Crippen molar-refractivity contribution in [2.75, 3.05) is 31.1 Å². The topological polar surface area (TPSA) is 49.3 Å². The molecule has 0 radical (unpaired) electrons. The van der Waals surface area contributed by atoms with Crippen molar-refractivity contribution in [3.63, 3.8) is 0 Å². The Morgan fingerprint density at radius 1 is 1.08 bits per heavy atom. The molecule has 0 saturated carbocycles. The van der Waals surface area contributed by atoms with Crippen LogP contribution in [0.3, 0.4) is 0 Å². The molecule has 3 rings (SSSR count). The summed E-state index contributed by atoms with van der Waals surface area (Å²) in [7, 11) is 0. The lowest BCUT2D eigenvalue weighted by Gasteiger charge is -2.35. The highest BCUT2D eigenvalue weighted by Gasteiger charge is 2.24. The molecule has 0 bridgehead atoms. The van der Waals surface area contributed by atoms with Gasteiger partial charge in [0.1, 0.15) is 11.6 Å². The van der Waals surface area contributed by atoms with Gasteiger partial charge in [-0.1, -0.05) is 12.1 Å². The lowest BCUT2D eigenvalue weighted by atomic mass is 10.1. The van der Waals surface area contributed by atoms with E-state index in [2.05, 4.69) is 37.5 Å². The highest BCUT2D eigenvalue weighted by molar-refractivity contribution is 14.1. The predicted molar refractivity (Wildman–Crippen MR) is 104 cm³/mol. The van der Waals surface area contributed by atoms with Crippen molar-refractivity contribution in [3.05, 3.63) is 50.5 Å². The molecule has 24 heavy (non-hydrogen) atoms. The molecular formula is C18H21IN4O. The summed E-state index contributed by atoms with van der Waals surface area (Å²) in [5.74, 6) is 1.87. The van der Waals surface area contributed by atoms with Crippen molar-refractivity contribution in [3.8, 4) is 0 Å². The van der Waals surface area contributed by atoms with Crippen molar-refractivity contribution >= 4 is 34.3 Å². The van der Waals surface area contributed by atoms with E-state index in [0.29, 0.717) is 13.1 Å². The van der Waals surface area contributed by atoms with Crippen molar-refractivity contribution in [1.82, 2.24) is 14.9 Å². The summed E-state index contributed by atoms with van der Waals surface area (Å²) in [5, 5.41) is 0. The molecule has 1 aliphatic heterocycles. The summed E-state index contributed by atoms with van der Waals surface area (Å²) in [6.45, 7) is 8.95. The normalized spacial score (nSPS) is 14.8. The van der Waals surface area contributed by atoms with Gasteiger partial charge in [-0.05, 0) is 55.0 Å². The van der Waals surface area contributed by atoms with Gasteiger partial charge in [-0.3, -0.25) is 4.79 Å². The highest BCUT2D eigenvalue weighted by atomic mass is 127. The molecule has 0 spiro atoms. The fourth-order valence-corrected chi connectivity index (χ4v) is 3.57. The second-order valence-corrected chi connectivity index (χ2v) is 7.21. The molecule has 1 fully saturated rings. The van der Waals surface area contributed by atoms with Gasteiger partial charge < -0.3 is 9.80 Å². The molecule has 1 aromatic heterocycles. The molecule has 1 aliphatic rings. The van der Waals surface area contributed by atoms with E-state index in [-0.39, 0.29) is 5.91 Å². The van der Waals surface area contributed by atoms with Crippen molar-refractivity contribution in [2.24, 2.45) is 0 Å². The van der Waals surface area contributed by atoms with Gasteiger partial charge in [0.05, 0.1) is 5.56 Å². The van der Waals surface area contributed by atoms with Crippen LogP contribution in [0.15, 0.2) is 24.3 Å². The van der Waals surface area contributed by atoms with E-state index in [4.69, 9.17) is 0 Å². The quantitative estimate of drug-likeness (QED) is 0.680. The molecule has 2 aromatic rings. The Labute approximate surface area is 156 Å². The Hall–Kier alpha value is -1.70. The van der Waals surface area contributed by atoms with Crippen LogP contribution in [0, 0.1) is 24.3 Å². The third-order valence-electron chi connectivity index (χ3n) is 4.27. The standard InChI is InChI=1S/C18H21IN4O/c1-12-5-4-6-15(17(12)19)18(24)23-9-7-22(8-10-23)16-11-13(2)20-14(3)21-16/h4-6,11H,7-10H2,1-3H3. The first-order valence-corrected chi connectivity index (χ1v) is 9.15. The van der Waals surface area contributed by atoms with Crippen molar-refractivity contribution in [1.29, 1.82) is 0 Å². The van der Waals surface area contributed by atoms with Gasteiger partial charge in [-0.15, -0.1) is 0 Å². The number of anilines is 1. The largest absolute Gasteiger partial charge is 0.353 e. The number of nitrogens with zero attached hydrogens (tertiary/aromatic N) is 4. The number of rotatable bonds is 2. The van der Waals surface area contributed by atoms with Crippen LogP contribution in [0.1, 0.15) is 27.4 Å². The van der Waals surface area contributed by atoms with E-state index >= 15 is 0 Å². The van der Waals surface area contributed by atoms with E-state index in [0.717, 1.165) is 45.1 Å². The molecule has 6 heteroatoms. The van der Waals surface area contributed by atoms with Crippen molar-refractivity contribution < 1.29 is 4.79 Å². The van der Waals surface area contributed by atoms with Crippen LogP contribution >= 0.6 is 22.6 Å². The summed E-state index contributed by atoms with van der Waals surface area (Å²) in [5.41, 5.74) is 2.93. The number of carbonyl (C=O) groups is 1. The van der Waals surface area contributed by atoms with E-state index in [9.17, 15) is 4.79 Å². The molecule has 0 unspecified atom stereocenters. The zero-order valence-corrected chi connectivity index (χ0v) is 16.4. The van der Waals surface area contributed by atoms with Crippen LogP contribution in [0.5, 0.6) is 0 Å². The minimum absolute atomic E-state index is 0.123. The molecule has 2 heterocycles. The number of amides is 1. The smallest absolute Gasteiger partial charge is 0.255 e. The Morgan fingerprint density at radius 3 is 2.46 bits per heavy atom. The first-order chi connectivity index (χ1) is 11.5. The van der Waals surface area contributed by atoms with Gasteiger partial charge in [-0.25, -0.2) is 9.97 Å². The maximum absolute atomic E-state index is 12.8. The first-order valence-electron chi connectivity index (χ1n) is 8.07. The molecule has 5 nitrogen and oxygen atoms in total. The summed E-state index contributed by atoms with van der Waals surface area (Å²) < 4.78 is 1.05. The monoisotopic (exact) mass is 436 g/mol. The van der Waals surface area contributed by atoms with E-state index in [1.165, 1.54) is 0 Å². The van der Waals surface area contributed by atoms with Gasteiger partial charge in [-0.2, -0.15) is 0 Å². The number of benzene rings is 1. The zero-order chi connectivity index (χ0) is 17.3. The maximum atomic E-state index is 12.8. The van der Waals surface area contributed by atoms with Gasteiger partial charge in [0.2, 0.25) is 0 Å². The number of piperazine rings is 1. The van der Waals surface area contributed by atoms with Crippen molar-refractivity contribution in [2.45, 2.75) is 20.8 Å². The Morgan fingerprint density at radius 2 is 1.79 bits per heavy atom. The highest BCUT2D eigenvalue weighted by Crippen LogP contribution is 2.20. The Kier molecular flexibility index (Phi) is 5.03. The SMILES string of the molecule is Cc1cc(N2CCN(C(=O)c3cccc(C)c3I)CC2)nc(C)n1. The van der Waals surface area contributed by atoms with Gasteiger partial charge >= 0.3 is 0 Å². The lowest BCUT2D eigenvalue weighted by molar-refractivity contribution is 0.0745. The van der Waals surface area contributed by atoms with Crippen LogP contribution < -0.4 is 4.90 Å². The molecule has 1 saturated heterocycles. The molecular weight excluding hydrogens is 415 g/mol. The van der Waals surface area contributed by atoms with Crippen LogP contribution in [0.4, 0.5) is 5.82 Å². The molecule has 1 amide bonds. The number of hydrogen-bond donors (Lipinski definition) is 0. The van der Waals surface area contributed by atoms with E-state index < -0.39 is 0 Å². The van der Waals surface area contributed by atoms with E-state index in [1.54, 1.807) is 0 Å². The number of hydrogen-bond acceptors (Lipinski definition) is 4. The number of aromatic nitrogens is 2. The molecule has 0 aliphatic carbocycles. The van der Waals surface area contributed by atoms with Crippen LogP contribution in [-0.2, 0) is 0 Å².